The third-order valence-corrected chi connectivity index (χ3v) is 4.43. The van der Waals surface area contributed by atoms with E-state index in [2.05, 4.69) is 16.7 Å². The van der Waals surface area contributed by atoms with Crippen LogP contribution in [0.25, 0.3) is 0 Å². The van der Waals surface area contributed by atoms with E-state index in [0.29, 0.717) is 6.42 Å². The van der Waals surface area contributed by atoms with E-state index in [1.807, 2.05) is 25.1 Å². The molecule has 2 rings (SSSR count). The van der Waals surface area contributed by atoms with Gasteiger partial charge < -0.3 is 20.5 Å². The standard InChI is InChI=1S/C17H24N2O3/c1-3-11(2)15(16(20)21)19-17(22)18-14-10-6-8-12-7-4-5-9-13(12)14/h4-5,7,9,11,14-15H,3,6,8,10H2,1-2H3,(H,20,21)(H2,18,19,22)/p-1/t11-,14+,15+/m1/s1. The minimum Gasteiger partial charge on any atom is -0.548 e. The second kappa shape index (κ2) is 7.29. The van der Waals surface area contributed by atoms with Gasteiger partial charge in [0.1, 0.15) is 0 Å². The van der Waals surface area contributed by atoms with Crippen LogP contribution in [0.3, 0.4) is 0 Å². The molecule has 2 amide bonds. The van der Waals surface area contributed by atoms with Gasteiger partial charge in [-0.3, -0.25) is 0 Å². The lowest BCUT2D eigenvalue weighted by atomic mass is 9.88. The number of nitrogens with one attached hydrogen (secondary N) is 2. The Balaban J connectivity index is 2.02. The zero-order chi connectivity index (χ0) is 16.1. The van der Waals surface area contributed by atoms with E-state index >= 15 is 0 Å². The van der Waals surface area contributed by atoms with E-state index in [0.717, 1.165) is 24.8 Å². The molecule has 2 N–H and O–H groups in total. The Morgan fingerprint density at radius 3 is 2.77 bits per heavy atom. The monoisotopic (exact) mass is 303 g/mol. The maximum atomic E-state index is 12.1. The smallest absolute Gasteiger partial charge is 0.315 e. The van der Waals surface area contributed by atoms with E-state index in [1.54, 1.807) is 6.92 Å². The van der Waals surface area contributed by atoms with Crippen molar-refractivity contribution in [3.05, 3.63) is 35.4 Å². The molecule has 3 atom stereocenters. The fourth-order valence-electron chi connectivity index (χ4n) is 2.91. The highest BCUT2D eigenvalue weighted by Crippen LogP contribution is 2.29. The van der Waals surface area contributed by atoms with Crippen LogP contribution in [0.2, 0.25) is 0 Å². The number of carboxylic acid groups (broad SMARTS) is 1. The first-order valence-electron chi connectivity index (χ1n) is 7.88. The Hall–Kier alpha value is -2.04. The van der Waals surface area contributed by atoms with Crippen LogP contribution in [0.15, 0.2) is 24.3 Å². The first-order valence-corrected chi connectivity index (χ1v) is 7.88. The molecule has 0 radical (unpaired) electrons. The molecular formula is C17H23N2O3-. The summed E-state index contributed by atoms with van der Waals surface area (Å²) >= 11 is 0. The summed E-state index contributed by atoms with van der Waals surface area (Å²) in [6, 6.07) is 6.56. The second-order valence-corrected chi connectivity index (χ2v) is 5.94. The first kappa shape index (κ1) is 16.3. The molecule has 0 bridgehead atoms. The number of hydrogen-bond donors (Lipinski definition) is 2. The molecule has 0 heterocycles. The van der Waals surface area contributed by atoms with Gasteiger partial charge in [0.05, 0.1) is 18.1 Å². The van der Waals surface area contributed by atoms with Gasteiger partial charge in [0.15, 0.2) is 0 Å². The zero-order valence-corrected chi connectivity index (χ0v) is 13.1. The summed E-state index contributed by atoms with van der Waals surface area (Å²) in [6.07, 6.45) is 3.55. The fourth-order valence-corrected chi connectivity index (χ4v) is 2.91. The van der Waals surface area contributed by atoms with E-state index in [1.165, 1.54) is 5.56 Å². The minimum absolute atomic E-state index is 0.0655. The molecule has 22 heavy (non-hydrogen) atoms. The third-order valence-electron chi connectivity index (χ3n) is 4.43. The SMILES string of the molecule is CC[C@@H](C)[C@H](NC(=O)N[C@H]1CCCc2ccccc21)C(=O)[O-]. The summed E-state index contributed by atoms with van der Waals surface area (Å²) in [5, 5.41) is 16.6. The number of fused-ring (bicyclic) bond motifs is 1. The highest BCUT2D eigenvalue weighted by atomic mass is 16.4. The van der Waals surface area contributed by atoms with Crippen molar-refractivity contribution >= 4 is 12.0 Å². The van der Waals surface area contributed by atoms with Crippen molar-refractivity contribution in [1.29, 1.82) is 0 Å². The predicted molar refractivity (Wildman–Crippen MR) is 82.0 cm³/mol. The number of carbonyl (C=O) groups is 2. The number of carbonyl (C=O) groups excluding carboxylic acids is 2. The number of carboxylic acids is 1. The number of hydrogen-bond acceptors (Lipinski definition) is 3. The van der Waals surface area contributed by atoms with Gasteiger partial charge in [0.25, 0.3) is 0 Å². The molecule has 0 aliphatic heterocycles. The zero-order valence-electron chi connectivity index (χ0n) is 13.1. The van der Waals surface area contributed by atoms with Gasteiger partial charge in [-0.1, -0.05) is 44.5 Å². The topological polar surface area (TPSA) is 81.3 Å². The van der Waals surface area contributed by atoms with Crippen LogP contribution in [-0.4, -0.2) is 18.0 Å². The molecule has 0 saturated heterocycles. The molecular weight excluding hydrogens is 280 g/mol. The van der Waals surface area contributed by atoms with Gasteiger partial charge in [-0.15, -0.1) is 0 Å². The second-order valence-electron chi connectivity index (χ2n) is 5.94. The van der Waals surface area contributed by atoms with Crippen LogP contribution in [0, 0.1) is 5.92 Å². The van der Waals surface area contributed by atoms with Crippen LogP contribution in [0.1, 0.15) is 50.3 Å². The number of amides is 2. The Kier molecular flexibility index (Phi) is 5.41. The lowest BCUT2D eigenvalue weighted by Crippen LogP contribution is -2.54. The van der Waals surface area contributed by atoms with E-state index in [4.69, 9.17) is 0 Å². The van der Waals surface area contributed by atoms with Crippen LogP contribution in [-0.2, 0) is 11.2 Å². The summed E-state index contributed by atoms with van der Waals surface area (Å²) in [5.74, 6) is -1.41. The minimum atomic E-state index is -1.24. The number of aliphatic carboxylic acids is 1. The lowest BCUT2D eigenvalue weighted by Gasteiger charge is -2.29. The Labute approximate surface area is 131 Å². The highest BCUT2D eigenvalue weighted by Gasteiger charge is 2.24. The first-order chi connectivity index (χ1) is 10.5. The van der Waals surface area contributed by atoms with Gasteiger partial charge in [-0.25, -0.2) is 4.79 Å². The summed E-state index contributed by atoms with van der Waals surface area (Å²) in [6.45, 7) is 3.67. The van der Waals surface area contributed by atoms with Gasteiger partial charge in [-0.05, 0) is 36.3 Å². The molecule has 0 spiro atoms. The predicted octanol–water partition coefficient (Wildman–Crippen LogP) is 1.53. The van der Waals surface area contributed by atoms with Crippen molar-refractivity contribution in [3.63, 3.8) is 0 Å². The van der Waals surface area contributed by atoms with Crippen LogP contribution < -0.4 is 15.7 Å². The highest BCUT2D eigenvalue weighted by molar-refractivity contribution is 5.82. The average molecular weight is 303 g/mol. The summed E-state index contributed by atoms with van der Waals surface area (Å²) in [4.78, 5) is 23.3. The maximum Gasteiger partial charge on any atom is 0.315 e. The van der Waals surface area contributed by atoms with Crippen LogP contribution in [0.5, 0.6) is 0 Å². The number of aryl methyl sites for hydroxylation is 1. The van der Waals surface area contributed by atoms with Crippen molar-refractivity contribution in [1.82, 2.24) is 10.6 Å². The van der Waals surface area contributed by atoms with Crippen LogP contribution in [0.4, 0.5) is 4.79 Å². The molecule has 0 aromatic heterocycles. The molecule has 5 nitrogen and oxygen atoms in total. The van der Waals surface area contributed by atoms with Crippen molar-refractivity contribution in [2.45, 2.75) is 51.6 Å². The molecule has 5 heteroatoms. The molecule has 1 aliphatic rings. The maximum absolute atomic E-state index is 12.1. The third kappa shape index (κ3) is 3.78. The number of rotatable bonds is 5. The molecule has 0 unspecified atom stereocenters. The Morgan fingerprint density at radius 2 is 2.09 bits per heavy atom. The molecule has 1 aromatic carbocycles. The molecule has 1 aromatic rings. The van der Waals surface area contributed by atoms with Gasteiger partial charge in [0, 0.05) is 0 Å². The largest absolute Gasteiger partial charge is 0.548 e. The fraction of sp³-hybridized carbons (Fsp3) is 0.529. The van der Waals surface area contributed by atoms with E-state index in [9.17, 15) is 14.7 Å². The van der Waals surface area contributed by atoms with Crippen molar-refractivity contribution in [2.75, 3.05) is 0 Å². The van der Waals surface area contributed by atoms with Gasteiger partial charge >= 0.3 is 6.03 Å². The van der Waals surface area contributed by atoms with Gasteiger partial charge in [0.2, 0.25) is 0 Å². The molecule has 0 fully saturated rings. The summed E-state index contributed by atoms with van der Waals surface area (Å²) in [5.41, 5.74) is 2.37. The molecule has 0 saturated carbocycles. The number of benzene rings is 1. The molecule has 120 valence electrons. The van der Waals surface area contributed by atoms with Crippen molar-refractivity contribution in [2.24, 2.45) is 5.92 Å². The van der Waals surface area contributed by atoms with Crippen LogP contribution >= 0.6 is 0 Å². The van der Waals surface area contributed by atoms with Crippen molar-refractivity contribution in [3.8, 4) is 0 Å². The lowest BCUT2D eigenvalue weighted by molar-refractivity contribution is -0.309. The quantitative estimate of drug-likeness (QED) is 0.865. The van der Waals surface area contributed by atoms with E-state index in [-0.39, 0.29) is 12.0 Å². The summed E-state index contributed by atoms with van der Waals surface area (Å²) < 4.78 is 0. The van der Waals surface area contributed by atoms with E-state index < -0.39 is 18.0 Å². The van der Waals surface area contributed by atoms with Crippen molar-refractivity contribution < 1.29 is 14.7 Å². The Morgan fingerprint density at radius 1 is 1.36 bits per heavy atom. The average Bonchev–Trinajstić information content (AvgIpc) is 2.52. The number of urea groups is 1. The summed E-state index contributed by atoms with van der Waals surface area (Å²) in [7, 11) is 0. The van der Waals surface area contributed by atoms with Gasteiger partial charge in [-0.2, -0.15) is 0 Å². The normalized spacial score (nSPS) is 19.6. The Bertz CT molecular complexity index is 544. The molecule has 1 aliphatic carbocycles.